The fraction of sp³-hybridized carbons (Fsp3) is 0.409. The number of rotatable bonds is 5. The Morgan fingerprint density at radius 1 is 0.833 bits per heavy atom. The van der Waals surface area contributed by atoms with E-state index in [0.717, 1.165) is 11.7 Å². The lowest BCUT2D eigenvalue weighted by atomic mass is 10.1. The normalized spacial score (nSPS) is 10.8. The molecule has 0 aliphatic carbocycles. The third kappa shape index (κ3) is 7.94. The van der Waals surface area contributed by atoms with Crippen molar-refractivity contribution in [2.75, 3.05) is 23.4 Å². The summed E-state index contributed by atoms with van der Waals surface area (Å²) >= 11 is 1.51. The van der Waals surface area contributed by atoms with Crippen molar-refractivity contribution < 1.29 is 9.13 Å². The molecule has 7 nitrogen and oxygen atoms in total. The lowest BCUT2D eigenvalue weighted by molar-refractivity contribution is -0.671. The van der Waals surface area contributed by atoms with Gasteiger partial charge in [-0.15, -0.1) is 0 Å². The maximum atomic E-state index is 4.31. The molecule has 0 fully saturated rings. The maximum Gasteiger partial charge on any atom is 0.228 e. The second kappa shape index (κ2) is 10.9. The van der Waals surface area contributed by atoms with Gasteiger partial charge in [0.05, 0.1) is 0 Å². The zero-order valence-electron chi connectivity index (χ0n) is 19.0. The number of hydrogen-bond acceptors (Lipinski definition) is 6. The molecule has 160 valence electrons. The predicted molar refractivity (Wildman–Crippen MR) is 123 cm³/mol. The summed E-state index contributed by atoms with van der Waals surface area (Å²) in [5, 5.41) is 7.05. The summed E-state index contributed by atoms with van der Waals surface area (Å²) in [7, 11) is 4.05. The molecule has 0 radical (unpaired) electrons. The van der Waals surface area contributed by atoms with Crippen LogP contribution in [-0.4, -0.2) is 33.3 Å². The Morgan fingerprint density at radius 2 is 1.30 bits per heavy atom. The molecule has 0 aliphatic rings. The number of nitrogens with one attached hydrogen (secondary N) is 2. The van der Waals surface area contributed by atoms with Crippen LogP contribution in [0.25, 0.3) is 11.1 Å². The summed E-state index contributed by atoms with van der Waals surface area (Å²) in [6.07, 6.45) is 10.2. The van der Waals surface area contributed by atoms with Gasteiger partial charge >= 0.3 is 0 Å². The van der Waals surface area contributed by atoms with Crippen LogP contribution < -0.4 is 19.8 Å². The van der Waals surface area contributed by atoms with Crippen molar-refractivity contribution in [3.05, 3.63) is 49.1 Å². The first kappa shape index (κ1) is 23.5. The van der Waals surface area contributed by atoms with Crippen LogP contribution in [-0.2, 0) is 14.1 Å². The van der Waals surface area contributed by atoms with Gasteiger partial charge in [0.15, 0.2) is 29.9 Å². The third-order valence-electron chi connectivity index (χ3n) is 3.91. The van der Waals surface area contributed by atoms with Gasteiger partial charge in [-0.1, -0.05) is 11.8 Å². The van der Waals surface area contributed by atoms with Gasteiger partial charge in [0, 0.05) is 36.3 Å². The van der Waals surface area contributed by atoms with E-state index < -0.39 is 0 Å². The van der Waals surface area contributed by atoms with E-state index in [1.54, 1.807) is 0 Å². The van der Waals surface area contributed by atoms with Gasteiger partial charge in [-0.2, -0.15) is 15.0 Å². The molecule has 8 heteroatoms. The number of nitrogens with zero attached hydrogens (tertiary/aromatic N) is 5. The Bertz CT molecular complexity index is 876. The van der Waals surface area contributed by atoms with Gasteiger partial charge in [0.2, 0.25) is 11.9 Å². The highest BCUT2D eigenvalue weighted by molar-refractivity contribution is 7.98. The molecule has 3 rings (SSSR count). The molecule has 0 aromatic carbocycles. The lowest BCUT2D eigenvalue weighted by Crippen LogP contribution is -2.27. The summed E-state index contributed by atoms with van der Waals surface area (Å²) in [5.74, 6) is 1.23. The first-order valence-corrected chi connectivity index (χ1v) is 11.2. The summed E-state index contributed by atoms with van der Waals surface area (Å²) in [6.45, 7) is 9.03. The van der Waals surface area contributed by atoms with Crippen LogP contribution in [0.4, 0.5) is 11.9 Å². The van der Waals surface area contributed by atoms with Gasteiger partial charge in [-0.25, -0.2) is 9.13 Å². The highest BCUT2D eigenvalue weighted by Crippen LogP contribution is 2.16. The van der Waals surface area contributed by atoms with Crippen molar-refractivity contribution in [2.24, 2.45) is 14.1 Å². The molecule has 2 N–H and O–H groups in total. The van der Waals surface area contributed by atoms with E-state index in [4.69, 9.17) is 0 Å². The average molecular weight is 428 g/mol. The molecule has 0 amide bonds. The van der Waals surface area contributed by atoms with Gasteiger partial charge in [0.1, 0.15) is 14.1 Å². The maximum absolute atomic E-state index is 4.31. The molecule has 0 unspecified atom stereocenters. The second-order valence-corrected chi connectivity index (χ2v) is 8.65. The molecule has 0 atom stereocenters. The molecule has 0 spiro atoms. The van der Waals surface area contributed by atoms with Crippen molar-refractivity contribution in [1.82, 2.24) is 15.0 Å². The van der Waals surface area contributed by atoms with Crippen molar-refractivity contribution in [3.8, 4) is 11.1 Å². The zero-order valence-corrected chi connectivity index (χ0v) is 19.8. The topological polar surface area (TPSA) is 70.5 Å². The van der Waals surface area contributed by atoms with Crippen LogP contribution >= 0.6 is 11.8 Å². The van der Waals surface area contributed by atoms with Crippen LogP contribution in [0, 0.1) is 0 Å². The molecule has 3 aromatic heterocycles. The SMILES string of the molecule is CCNc1nc(NC(C)(C)C)nc(SC)n1.C[n+]1ccc(-c2cc[n+](C)cc2)cc1. The minimum Gasteiger partial charge on any atom is -0.354 e. The number of hydrogen-bond donors (Lipinski definition) is 2. The molecule has 0 bridgehead atoms. The lowest BCUT2D eigenvalue weighted by Gasteiger charge is -2.20. The van der Waals surface area contributed by atoms with Gasteiger partial charge in [-0.3, -0.25) is 0 Å². The van der Waals surface area contributed by atoms with E-state index in [1.807, 2.05) is 36.4 Å². The fourth-order valence-corrected chi connectivity index (χ4v) is 2.82. The van der Waals surface area contributed by atoms with E-state index in [1.165, 1.54) is 22.9 Å². The van der Waals surface area contributed by atoms with Crippen LogP contribution in [0.1, 0.15) is 27.7 Å². The fourth-order valence-electron chi connectivity index (χ4n) is 2.46. The minimum absolute atomic E-state index is 0.0550. The molecular weight excluding hydrogens is 394 g/mol. The average Bonchev–Trinajstić information content (AvgIpc) is 2.68. The number of anilines is 2. The Morgan fingerprint density at radius 3 is 1.70 bits per heavy atom. The largest absolute Gasteiger partial charge is 0.354 e. The van der Waals surface area contributed by atoms with Crippen molar-refractivity contribution in [3.63, 3.8) is 0 Å². The van der Waals surface area contributed by atoms with Crippen molar-refractivity contribution in [2.45, 2.75) is 38.4 Å². The van der Waals surface area contributed by atoms with E-state index in [9.17, 15) is 0 Å². The van der Waals surface area contributed by atoms with E-state index in [0.29, 0.717) is 11.9 Å². The second-order valence-electron chi connectivity index (χ2n) is 7.88. The molecule has 3 heterocycles. The molecule has 30 heavy (non-hydrogen) atoms. The zero-order chi connectivity index (χ0) is 22.1. The summed E-state index contributed by atoms with van der Waals surface area (Å²) in [4.78, 5) is 12.9. The monoisotopic (exact) mass is 427 g/mol. The smallest absolute Gasteiger partial charge is 0.228 e. The van der Waals surface area contributed by atoms with Crippen LogP contribution in [0.3, 0.4) is 0 Å². The summed E-state index contributed by atoms with van der Waals surface area (Å²) < 4.78 is 4.07. The predicted octanol–water partition coefficient (Wildman–Crippen LogP) is 3.24. The standard InChI is InChI=1S/C12H14N2.C10H19N5S/c1-13-7-3-11(4-8-13)12-5-9-14(2)10-6-12;1-6-11-7-12-8(15-10(2,3)4)14-9(13-7)16-5/h3-10H,1-2H3;6H2,1-5H3,(H2,11,12,13,14,15)/q+2;. The van der Waals surface area contributed by atoms with Gasteiger partial charge < -0.3 is 10.6 Å². The van der Waals surface area contributed by atoms with Crippen LogP contribution in [0.5, 0.6) is 0 Å². The van der Waals surface area contributed by atoms with E-state index in [2.05, 4.69) is 95.4 Å². The molecule has 0 saturated carbocycles. The van der Waals surface area contributed by atoms with Crippen LogP contribution in [0.2, 0.25) is 0 Å². The Hall–Kier alpha value is -2.74. The molecule has 3 aromatic rings. The Balaban J connectivity index is 0.000000215. The minimum atomic E-state index is -0.0550. The highest BCUT2D eigenvalue weighted by Gasteiger charge is 2.13. The molecule has 0 aliphatic heterocycles. The van der Waals surface area contributed by atoms with Crippen LogP contribution in [0.15, 0.2) is 54.2 Å². The Labute approximate surface area is 184 Å². The number of thioether (sulfide) groups is 1. The highest BCUT2D eigenvalue weighted by atomic mass is 32.2. The Kier molecular flexibility index (Phi) is 8.53. The van der Waals surface area contributed by atoms with E-state index >= 15 is 0 Å². The first-order valence-electron chi connectivity index (χ1n) is 9.93. The quantitative estimate of drug-likeness (QED) is 0.481. The van der Waals surface area contributed by atoms with Crippen molar-refractivity contribution >= 4 is 23.7 Å². The van der Waals surface area contributed by atoms with E-state index in [-0.39, 0.29) is 5.54 Å². The molecular formula is C22H33N7S+2. The summed E-state index contributed by atoms with van der Waals surface area (Å²) in [6, 6.07) is 8.48. The van der Waals surface area contributed by atoms with Gasteiger partial charge in [-0.05, 0) is 45.1 Å². The third-order valence-corrected chi connectivity index (χ3v) is 4.46. The van der Waals surface area contributed by atoms with Gasteiger partial charge in [0.25, 0.3) is 0 Å². The van der Waals surface area contributed by atoms with Crippen molar-refractivity contribution in [1.29, 1.82) is 0 Å². The molecule has 0 saturated heterocycles. The number of pyridine rings is 2. The summed E-state index contributed by atoms with van der Waals surface area (Å²) in [5.41, 5.74) is 2.45. The number of aromatic nitrogens is 5. The number of aryl methyl sites for hydroxylation is 2. The first-order chi connectivity index (χ1) is 14.2.